The maximum Gasteiger partial charge on any atom is 0.254 e. The van der Waals surface area contributed by atoms with Crippen LogP contribution in [0.25, 0.3) is 0 Å². The SMILES string of the molecule is CCN(C(=O)c1ccnc(Nc2ccc(C)cc2)c1)C1CCS(=O)(=O)C1. The third-order valence-corrected chi connectivity index (χ3v) is 6.33. The molecule has 1 aromatic carbocycles. The first kappa shape index (κ1) is 18.4. The summed E-state index contributed by atoms with van der Waals surface area (Å²) in [5.74, 6) is 0.614. The average molecular weight is 373 g/mol. The van der Waals surface area contributed by atoms with E-state index < -0.39 is 9.84 Å². The summed E-state index contributed by atoms with van der Waals surface area (Å²) >= 11 is 0. The number of amides is 1. The normalized spacial score (nSPS) is 18.5. The van der Waals surface area contributed by atoms with Crippen LogP contribution in [0.3, 0.4) is 0 Å². The molecule has 0 saturated carbocycles. The largest absolute Gasteiger partial charge is 0.340 e. The standard InChI is InChI=1S/C19H23N3O3S/c1-3-22(17-9-11-26(24,25)13-17)19(23)15-8-10-20-18(12-15)21-16-6-4-14(2)5-7-16/h4-8,10,12,17H,3,9,11,13H2,1-2H3,(H,20,21). The average Bonchev–Trinajstić information content (AvgIpc) is 2.97. The summed E-state index contributed by atoms with van der Waals surface area (Å²) in [6.45, 7) is 4.36. The molecular weight excluding hydrogens is 350 g/mol. The van der Waals surface area contributed by atoms with Gasteiger partial charge in [-0.2, -0.15) is 0 Å². The number of hydrogen-bond acceptors (Lipinski definition) is 5. The van der Waals surface area contributed by atoms with E-state index in [1.54, 1.807) is 23.2 Å². The van der Waals surface area contributed by atoms with Crippen molar-refractivity contribution in [2.45, 2.75) is 26.3 Å². The Kier molecular flexibility index (Phi) is 5.27. The molecule has 0 spiro atoms. The van der Waals surface area contributed by atoms with E-state index in [1.165, 1.54) is 0 Å². The summed E-state index contributed by atoms with van der Waals surface area (Å²) in [4.78, 5) is 18.8. The van der Waals surface area contributed by atoms with Gasteiger partial charge >= 0.3 is 0 Å². The van der Waals surface area contributed by atoms with Gasteiger partial charge in [0.25, 0.3) is 5.91 Å². The monoisotopic (exact) mass is 373 g/mol. The Morgan fingerprint density at radius 1 is 1.27 bits per heavy atom. The van der Waals surface area contributed by atoms with Crippen molar-refractivity contribution in [1.29, 1.82) is 0 Å². The number of nitrogens with one attached hydrogen (secondary N) is 1. The highest BCUT2D eigenvalue weighted by molar-refractivity contribution is 7.91. The molecule has 3 rings (SSSR count). The van der Waals surface area contributed by atoms with E-state index in [2.05, 4.69) is 10.3 Å². The Balaban J connectivity index is 1.77. The summed E-state index contributed by atoms with van der Waals surface area (Å²) in [7, 11) is -3.04. The van der Waals surface area contributed by atoms with E-state index >= 15 is 0 Å². The molecule has 1 fully saturated rings. The molecule has 1 aliphatic rings. The van der Waals surface area contributed by atoms with Gasteiger partial charge < -0.3 is 10.2 Å². The lowest BCUT2D eigenvalue weighted by atomic mass is 10.1. The first-order chi connectivity index (χ1) is 12.4. The van der Waals surface area contributed by atoms with Gasteiger partial charge in [-0.1, -0.05) is 17.7 Å². The number of rotatable bonds is 5. The number of nitrogens with zero attached hydrogens (tertiary/aromatic N) is 2. The van der Waals surface area contributed by atoms with Crippen molar-refractivity contribution < 1.29 is 13.2 Å². The van der Waals surface area contributed by atoms with Gasteiger partial charge in [0.2, 0.25) is 0 Å². The molecular formula is C19H23N3O3S. The molecule has 1 amide bonds. The van der Waals surface area contributed by atoms with E-state index in [4.69, 9.17) is 0 Å². The maximum absolute atomic E-state index is 12.9. The van der Waals surface area contributed by atoms with Gasteiger partial charge in [0.05, 0.1) is 11.5 Å². The molecule has 138 valence electrons. The number of carbonyl (C=O) groups is 1. The van der Waals surface area contributed by atoms with Crippen LogP contribution in [0.2, 0.25) is 0 Å². The smallest absolute Gasteiger partial charge is 0.254 e. The number of aryl methyl sites for hydroxylation is 1. The number of sulfone groups is 1. The van der Waals surface area contributed by atoms with Gasteiger partial charge in [0.15, 0.2) is 9.84 Å². The predicted molar refractivity (Wildman–Crippen MR) is 102 cm³/mol. The predicted octanol–water partition coefficient (Wildman–Crippen LogP) is 2.78. The summed E-state index contributed by atoms with van der Waals surface area (Å²) in [6, 6.07) is 11.0. The number of carbonyl (C=O) groups excluding carboxylic acids is 1. The Bertz CT molecular complexity index is 895. The fourth-order valence-electron chi connectivity index (χ4n) is 3.17. The summed E-state index contributed by atoms with van der Waals surface area (Å²) < 4.78 is 23.5. The van der Waals surface area contributed by atoms with Crippen molar-refractivity contribution in [3.05, 3.63) is 53.7 Å². The Morgan fingerprint density at radius 2 is 2.00 bits per heavy atom. The van der Waals surface area contributed by atoms with Crippen LogP contribution in [-0.4, -0.2) is 48.3 Å². The molecule has 1 unspecified atom stereocenters. The summed E-state index contributed by atoms with van der Waals surface area (Å²) in [5.41, 5.74) is 2.56. The zero-order valence-electron chi connectivity index (χ0n) is 15.0. The minimum atomic E-state index is -3.04. The molecule has 1 N–H and O–H groups in total. The third-order valence-electron chi connectivity index (χ3n) is 4.58. The number of hydrogen-bond donors (Lipinski definition) is 1. The molecule has 0 radical (unpaired) electrons. The second-order valence-corrected chi connectivity index (χ2v) is 8.80. The lowest BCUT2D eigenvalue weighted by Gasteiger charge is -2.27. The van der Waals surface area contributed by atoms with E-state index in [1.807, 2.05) is 38.1 Å². The Hall–Kier alpha value is -2.41. The molecule has 7 heteroatoms. The lowest BCUT2D eigenvalue weighted by Crippen LogP contribution is -2.41. The zero-order chi connectivity index (χ0) is 18.7. The zero-order valence-corrected chi connectivity index (χ0v) is 15.8. The summed E-state index contributed by atoms with van der Waals surface area (Å²) in [5, 5.41) is 3.19. The highest BCUT2D eigenvalue weighted by Gasteiger charge is 2.34. The van der Waals surface area contributed by atoms with Gasteiger partial charge in [-0.15, -0.1) is 0 Å². The summed E-state index contributed by atoms with van der Waals surface area (Å²) in [6.07, 6.45) is 2.09. The van der Waals surface area contributed by atoms with E-state index in [9.17, 15) is 13.2 Å². The van der Waals surface area contributed by atoms with Crippen molar-refractivity contribution in [1.82, 2.24) is 9.88 Å². The minimum Gasteiger partial charge on any atom is -0.340 e. The fraction of sp³-hybridized carbons (Fsp3) is 0.368. The molecule has 1 aromatic heterocycles. The molecule has 0 aliphatic carbocycles. The highest BCUT2D eigenvalue weighted by Crippen LogP contribution is 2.21. The van der Waals surface area contributed by atoms with Crippen LogP contribution in [0.4, 0.5) is 11.5 Å². The maximum atomic E-state index is 12.9. The fourth-order valence-corrected chi connectivity index (χ4v) is 4.90. The topological polar surface area (TPSA) is 79.4 Å². The highest BCUT2D eigenvalue weighted by atomic mass is 32.2. The van der Waals surface area contributed by atoms with Crippen molar-refractivity contribution in [2.24, 2.45) is 0 Å². The van der Waals surface area contributed by atoms with Gasteiger partial charge in [-0.25, -0.2) is 13.4 Å². The van der Waals surface area contributed by atoms with Crippen molar-refractivity contribution in [3.63, 3.8) is 0 Å². The molecule has 1 aliphatic heterocycles. The van der Waals surface area contributed by atoms with Gasteiger partial charge in [-0.3, -0.25) is 4.79 Å². The van der Waals surface area contributed by atoms with Gasteiger partial charge in [-0.05, 0) is 44.5 Å². The van der Waals surface area contributed by atoms with E-state index in [-0.39, 0.29) is 23.5 Å². The first-order valence-corrected chi connectivity index (χ1v) is 10.5. The van der Waals surface area contributed by atoms with E-state index in [0.717, 1.165) is 11.3 Å². The molecule has 0 bridgehead atoms. The quantitative estimate of drug-likeness (QED) is 0.872. The Morgan fingerprint density at radius 3 is 2.62 bits per heavy atom. The van der Waals surface area contributed by atoms with Crippen LogP contribution in [0.5, 0.6) is 0 Å². The van der Waals surface area contributed by atoms with Gasteiger partial charge in [0.1, 0.15) is 5.82 Å². The van der Waals surface area contributed by atoms with Crippen LogP contribution >= 0.6 is 0 Å². The lowest BCUT2D eigenvalue weighted by molar-refractivity contribution is 0.0708. The second kappa shape index (κ2) is 7.45. The number of aromatic nitrogens is 1. The molecule has 2 aromatic rings. The van der Waals surface area contributed by atoms with Crippen LogP contribution in [0.15, 0.2) is 42.6 Å². The van der Waals surface area contributed by atoms with Crippen LogP contribution < -0.4 is 5.32 Å². The van der Waals surface area contributed by atoms with Crippen molar-refractivity contribution in [2.75, 3.05) is 23.4 Å². The molecule has 26 heavy (non-hydrogen) atoms. The molecule has 6 nitrogen and oxygen atoms in total. The molecule has 2 heterocycles. The van der Waals surface area contributed by atoms with Crippen molar-refractivity contribution >= 4 is 27.2 Å². The Labute approximate surface area is 154 Å². The third kappa shape index (κ3) is 4.22. The number of anilines is 2. The molecule has 1 saturated heterocycles. The van der Waals surface area contributed by atoms with Crippen LogP contribution in [0.1, 0.15) is 29.3 Å². The molecule has 1 atom stereocenters. The number of pyridine rings is 1. The number of benzene rings is 1. The second-order valence-electron chi connectivity index (χ2n) is 6.57. The van der Waals surface area contributed by atoms with Crippen LogP contribution in [-0.2, 0) is 9.84 Å². The minimum absolute atomic E-state index is 0.0478. The van der Waals surface area contributed by atoms with Crippen molar-refractivity contribution in [3.8, 4) is 0 Å². The van der Waals surface area contributed by atoms with E-state index in [0.29, 0.717) is 24.3 Å². The van der Waals surface area contributed by atoms with Gasteiger partial charge in [0, 0.05) is 30.0 Å². The van der Waals surface area contributed by atoms with Crippen LogP contribution in [0, 0.1) is 6.92 Å². The first-order valence-electron chi connectivity index (χ1n) is 8.69.